The van der Waals surface area contributed by atoms with Crippen LogP contribution in [0.4, 0.5) is 8.78 Å². The van der Waals surface area contributed by atoms with Crippen molar-refractivity contribution in [3.63, 3.8) is 0 Å². The molecule has 132 valence electrons. The molecule has 3 aromatic carbocycles. The van der Waals surface area contributed by atoms with Crippen molar-refractivity contribution in [3.8, 4) is 16.9 Å². The maximum absolute atomic E-state index is 13.9. The van der Waals surface area contributed by atoms with Gasteiger partial charge in [0.05, 0.1) is 0 Å². The monoisotopic (exact) mass is 352 g/mol. The number of carbonyl (C=O) groups excluding carboxylic acids is 1. The third-order valence-electron chi connectivity index (χ3n) is 4.99. The van der Waals surface area contributed by atoms with Crippen molar-refractivity contribution in [2.45, 2.75) is 32.6 Å². The number of fused-ring (bicyclic) bond motifs is 5. The lowest BCUT2D eigenvalue weighted by Crippen LogP contribution is -2.03. The van der Waals surface area contributed by atoms with Crippen LogP contribution in [0, 0.1) is 11.6 Å². The second-order valence-corrected chi connectivity index (χ2v) is 6.67. The van der Waals surface area contributed by atoms with E-state index >= 15 is 0 Å². The molecule has 3 aromatic rings. The fraction of sp³-hybridized carbons (Fsp3) is 0.227. The number of hydrogen-bond acceptors (Lipinski definition) is 2. The first kappa shape index (κ1) is 16.7. The predicted molar refractivity (Wildman–Crippen MR) is 97.4 cm³/mol. The maximum atomic E-state index is 13.9. The van der Waals surface area contributed by atoms with E-state index in [0.29, 0.717) is 11.3 Å². The third-order valence-corrected chi connectivity index (χ3v) is 4.99. The van der Waals surface area contributed by atoms with E-state index in [0.717, 1.165) is 40.3 Å². The Balaban J connectivity index is 2.08. The van der Waals surface area contributed by atoms with E-state index in [-0.39, 0.29) is 5.92 Å². The SMILES string of the molecule is CCCC1c2cc(F)c(F)cc2-c2cc(OC(C)=O)c3ccccc3c21. The molecule has 2 nitrogen and oxygen atoms in total. The molecule has 4 rings (SSSR count). The number of rotatable bonds is 3. The average molecular weight is 352 g/mol. The van der Waals surface area contributed by atoms with Gasteiger partial charge < -0.3 is 4.74 Å². The van der Waals surface area contributed by atoms with E-state index in [1.54, 1.807) is 6.07 Å². The second kappa shape index (κ2) is 6.20. The van der Waals surface area contributed by atoms with Gasteiger partial charge in [-0.05, 0) is 52.3 Å². The van der Waals surface area contributed by atoms with Crippen LogP contribution < -0.4 is 4.74 Å². The number of ether oxygens (including phenoxy) is 1. The van der Waals surface area contributed by atoms with Crippen LogP contribution in [-0.4, -0.2) is 5.97 Å². The molecular formula is C22H18F2O2. The van der Waals surface area contributed by atoms with Gasteiger partial charge in [0.1, 0.15) is 5.75 Å². The Kier molecular flexibility index (Phi) is 3.98. The van der Waals surface area contributed by atoms with Crippen LogP contribution >= 0.6 is 0 Å². The highest BCUT2D eigenvalue weighted by molar-refractivity contribution is 6.01. The van der Waals surface area contributed by atoms with Crippen LogP contribution in [0.3, 0.4) is 0 Å². The lowest BCUT2D eigenvalue weighted by molar-refractivity contribution is -0.131. The van der Waals surface area contributed by atoms with Crippen molar-refractivity contribution in [2.24, 2.45) is 0 Å². The topological polar surface area (TPSA) is 26.3 Å². The minimum atomic E-state index is -0.867. The Morgan fingerprint density at radius 1 is 1.04 bits per heavy atom. The van der Waals surface area contributed by atoms with Gasteiger partial charge in [0, 0.05) is 18.2 Å². The van der Waals surface area contributed by atoms with Crippen LogP contribution in [0.5, 0.6) is 5.75 Å². The molecule has 0 aromatic heterocycles. The molecule has 26 heavy (non-hydrogen) atoms. The summed E-state index contributed by atoms with van der Waals surface area (Å²) < 4.78 is 33.3. The van der Waals surface area contributed by atoms with Gasteiger partial charge in [-0.2, -0.15) is 0 Å². The number of halogens is 2. The zero-order valence-electron chi connectivity index (χ0n) is 14.6. The van der Waals surface area contributed by atoms with E-state index in [9.17, 15) is 13.6 Å². The maximum Gasteiger partial charge on any atom is 0.308 e. The molecule has 0 saturated heterocycles. The van der Waals surface area contributed by atoms with Gasteiger partial charge in [-0.25, -0.2) is 8.78 Å². The van der Waals surface area contributed by atoms with E-state index in [1.165, 1.54) is 19.1 Å². The molecule has 1 atom stereocenters. The molecule has 0 aliphatic heterocycles. The van der Waals surface area contributed by atoms with Gasteiger partial charge >= 0.3 is 5.97 Å². The molecular weight excluding hydrogens is 334 g/mol. The summed E-state index contributed by atoms with van der Waals surface area (Å²) in [6, 6.07) is 12.0. The highest BCUT2D eigenvalue weighted by Crippen LogP contribution is 2.52. The van der Waals surface area contributed by atoms with Gasteiger partial charge in [-0.3, -0.25) is 4.79 Å². The zero-order chi connectivity index (χ0) is 18.4. The van der Waals surface area contributed by atoms with Crippen molar-refractivity contribution >= 4 is 16.7 Å². The third kappa shape index (κ3) is 2.48. The molecule has 1 aliphatic rings. The zero-order valence-corrected chi connectivity index (χ0v) is 14.6. The first-order chi connectivity index (χ1) is 12.5. The Labute approximate surface area is 150 Å². The summed E-state index contributed by atoms with van der Waals surface area (Å²) in [5.41, 5.74) is 3.34. The number of carbonyl (C=O) groups is 1. The minimum absolute atomic E-state index is 0.00335. The minimum Gasteiger partial charge on any atom is -0.426 e. The lowest BCUT2D eigenvalue weighted by Gasteiger charge is -2.16. The molecule has 0 N–H and O–H groups in total. The molecule has 4 heteroatoms. The fourth-order valence-electron chi connectivity index (χ4n) is 4.03. The lowest BCUT2D eigenvalue weighted by atomic mass is 9.89. The summed E-state index contributed by atoms with van der Waals surface area (Å²) >= 11 is 0. The van der Waals surface area contributed by atoms with E-state index in [4.69, 9.17) is 4.74 Å². The van der Waals surface area contributed by atoms with Crippen molar-refractivity contribution in [1.82, 2.24) is 0 Å². The summed E-state index contributed by atoms with van der Waals surface area (Å²) in [6.07, 6.45) is 1.75. The molecule has 0 bridgehead atoms. The van der Waals surface area contributed by atoms with Crippen LogP contribution in [-0.2, 0) is 4.79 Å². The Hall–Kier alpha value is -2.75. The molecule has 0 saturated carbocycles. The number of hydrogen-bond donors (Lipinski definition) is 0. The van der Waals surface area contributed by atoms with E-state index < -0.39 is 17.6 Å². The summed E-state index contributed by atoms with van der Waals surface area (Å²) in [6.45, 7) is 3.43. The quantitative estimate of drug-likeness (QED) is 0.430. The fourth-order valence-corrected chi connectivity index (χ4v) is 4.03. The highest BCUT2D eigenvalue weighted by atomic mass is 19.2. The van der Waals surface area contributed by atoms with Gasteiger partial charge in [0.15, 0.2) is 11.6 Å². The van der Waals surface area contributed by atoms with Gasteiger partial charge in [0.25, 0.3) is 0 Å². The molecule has 1 unspecified atom stereocenters. The molecule has 0 heterocycles. The first-order valence-electron chi connectivity index (χ1n) is 8.74. The predicted octanol–water partition coefficient (Wildman–Crippen LogP) is 5.96. The standard InChI is InChI=1S/C22H18F2O2/c1-3-6-14-16-9-19(23)20(24)10-17(16)18-11-21(26-12(2)25)13-7-4-5-8-15(13)22(14)18/h4-5,7-11,14H,3,6H2,1-2H3. The van der Waals surface area contributed by atoms with Crippen LogP contribution in [0.2, 0.25) is 0 Å². The summed E-state index contributed by atoms with van der Waals surface area (Å²) in [4.78, 5) is 11.5. The molecule has 0 radical (unpaired) electrons. The summed E-state index contributed by atoms with van der Waals surface area (Å²) in [5, 5.41) is 1.79. The van der Waals surface area contributed by atoms with Gasteiger partial charge in [-0.15, -0.1) is 0 Å². The summed E-state index contributed by atoms with van der Waals surface area (Å²) in [7, 11) is 0. The van der Waals surface area contributed by atoms with Crippen molar-refractivity contribution in [1.29, 1.82) is 0 Å². The molecule has 0 amide bonds. The number of benzene rings is 3. The normalized spacial score (nSPS) is 15.0. The van der Waals surface area contributed by atoms with Crippen LogP contribution in [0.15, 0.2) is 42.5 Å². The smallest absolute Gasteiger partial charge is 0.308 e. The van der Waals surface area contributed by atoms with Crippen molar-refractivity contribution in [2.75, 3.05) is 0 Å². The van der Waals surface area contributed by atoms with Gasteiger partial charge in [0.2, 0.25) is 0 Å². The van der Waals surface area contributed by atoms with Gasteiger partial charge in [-0.1, -0.05) is 37.6 Å². The second-order valence-electron chi connectivity index (χ2n) is 6.67. The van der Waals surface area contributed by atoms with Crippen LogP contribution in [0.1, 0.15) is 43.7 Å². The summed E-state index contributed by atoms with van der Waals surface area (Å²) in [5.74, 6) is -1.67. The number of esters is 1. The first-order valence-corrected chi connectivity index (χ1v) is 8.74. The van der Waals surface area contributed by atoms with E-state index in [2.05, 4.69) is 6.92 Å². The Bertz CT molecular complexity index is 1040. The van der Waals surface area contributed by atoms with Crippen molar-refractivity contribution < 1.29 is 18.3 Å². The molecule has 0 spiro atoms. The highest BCUT2D eigenvalue weighted by Gasteiger charge is 2.32. The Morgan fingerprint density at radius 2 is 1.73 bits per heavy atom. The van der Waals surface area contributed by atoms with Crippen LogP contribution in [0.25, 0.3) is 21.9 Å². The molecule has 0 fully saturated rings. The van der Waals surface area contributed by atoms with E-state index in [1.807, 2.05) is 24.3 Å². The van der Waals surface area contributed by atoms with Crippen molar-refractivity contribution in [3.05, 3.63) is 65.2 Å². The molecule has 1 aliphatic carbocycles. The largest absolute Gasteiger partial charge is 0.426 e. The Morgan fingerprint density at radius 3 is 2.42 bits per heavy atom. The average Bonchev–Trinajstić information content (AvgIpc) is 2.89.